The number of ether oxygens (including phenoxy) is 2. The van der Waals surface area contributed by atoms with Crippen molar-refractivity contribution in [2.24, 2.45) is 0 Å². The molecule has 0 fully saturated rings. The van der Waals surface area contributed by atoms with E-state index in [4.69, 9.17) is 9.47 Å². The van der Waals surface area contributed by atoms with Gasteiger partial charge in [-0.25, -0.2) is 9.37 Å². The van der Waals surface area contributed by atoms with Gasteiger partial charge in [-0.1, -0.05) is 6.07 Å². The highest BCUT2D eigenvalue weighted by atomic mass is 32.1. The number of rotatable bonds is 6. The molecule has 2 aromatic carbocycles. The molecule has 0 unspecified atom stereocenters. The van der Waals surface area contributed by atoms with Gasteiger partial charge in [-0.05, 0) is 36.4 Å². The highest BCUT2D eigenvalue weighted by Gasteiger charge is 2.12. The van der Waals surface area contributed by atoms with Gasteiger partial charge in [0.05, 0.1) is 7.11 Å². The second kappa shape index (κ2) is 7.76. The summed E-state index contributed by atoms with van der Waals surface area (Å²) in [5, 5.41) is 5.09. The van der Waals surface area contributed by atoms with Gasteiger partial charge < -0.3 is 14.8 Å². The van der Waals surface area contributed by atoms with E-state index >= 15 is 0 Å². The third-order valence-electron chi connectivity index (χ3n) is 3.29. The van der Waals surface area contributed by atoms with Crippen LogP contribution in [-0.4, -0.2) is 18.0 Å². The molecule has 3 aromatic rings. The number of halogens is 1. The van der Waals surface area contributed by atoms with Crippen LogP contribution < -0.4 is 14.8 Å². The van der Waals surface area contributed by atoms with E-state index in [-0.39, 0.29) is 18.3 Å². The van der Waals surface area contributed by atoms with Crippen molar-refractivity contribution in [3.05, 3.63) is 70.4 Å². The topological polar surface area (TPSA) is 60.5 Å². The van der Waals surface area contributed by atoms with Gasteiger partial charge in [0, 0.05) is 17.1 Å². The first-order valence-electron chi connectivity index (χ1n) is 7.42. The highest BCUT2D eigenvalue weighted by molar-refractivity contribution is 7.09. The summed E-state index contributed by atoms with van der Waals surface area (Å²) < 4.78 is 23.5. The Morgan fingerprint density at radius 2 is 2.00 bits per heavy atom. The predicted octanol–water partition coefficient (Wildman–Crippen LogP) is 4.12. The number of thiazole rings is 1. The molecule has 0 aliphatic heterocycles. The lowest BCUT2D eigenvalue weighted by atomic mass is 10.3. The summed E-state index contributed by atoms with van der Waals surface area (Å²) in [5.74, 6) is 0.569. The largest absolute Gasteiger partial charge is 0.497 e. The quantitative estimate of drug-likeness (QED) is 0.720. The summed E-state index contributed by atoms with van der Waals surface area (Å²) >= 11 is 1.32. The predicted molar refractivity (Wildman–Crippen MR) is 93.8 cm³/mol. The minimum absolute atomic E-state index is 0.211. The molecule has 0 aliphatic carbocycles. The third-order valence-corrected chi connectivity index (χ3v) is 4.11. The van der Waals surface area contributed by atoms with Gasteiger partial charge in [-0.2, -0.15) is 0 Å². The van der Waals surface area contributed by atoms with E-state index in [1.165, 1.54) is 23.5 Å². The average Bonchev–Trinajstić information content (AvgIpc) is 3.10. The number of nitrogens with zero attached hydrogens (tertiary/aromatic N) is 1. The molecule has 0 saturated heterocycles. The maximum absolute atomic E-state index is 12.9. The summed E-state index contributed by atoms with van der Waals surface area (Å²) in [6.45, 7) is 0.211. The molecule has 1 amide bonds. The van der Waals surface area contributed by atoms with Gasteiger partial charge in [-0.15, -0.1) is 11.3 Å². The molecule has 0 atom stereocenters. The highest BCUT2D eigenvalue weighted by Crippen LogP contribution is 2.19. The van der Waals surface area contributed by atoms with Crippen LogP contribution in [0.1, 0.15) is 15.5 Å². The molecule has 7 heteroatoms. The van der Waals surface area contributed by atoms with E-state index in [0.717, 1.165) is 0 Å². The molecular formula is C18H15FN2O3S. The molecule has 1 aromatic heterocycles. The van der Waals surface area contributed by atoms with Crippen molar-refractivity contribution in [1.82, 2.24) is 4.98 Å². The van der Waals surface area contributed by atoms with Crippen LogP contribution >= 0.6 is 11.3 Å². The summed E-state index contributed by atoms with van der Waals surface area (Å²) in [4.78, 5) is 16.5. The van der Waals surface area contributed by atoms with Crippen molar-refractivity contribution in [2.75, 3.05) is 12.4 Å². The van der Waals surface area contributed by atoms with Crippen LogP contribution in [0.15, 0.2) is 53.9 Å². The first-order chi connectivity index (χ1) is 12.1. The van der Waals surface area contributed by atoms with Gasteiger partial charge in [0.2, 0.25) is 0 Å². The van der Waals surface area contributed by atoms with E-state index in [0.29, 0.717) is 27.9 Å². The van der Waals surface area contributed by atoms with Crippen molar-refractivity contribution in [2.45, 2.75) is 6.61 Å². The van der Waals surface area contributed by atoms with Crippen molar-refractivity contribution in [3.63, 3.8) is 0 Å². The zero-order chi connectivity index (χ0) is 17.6. The van der Waals surface area contributed by atoms with Crippen LogP contribution in [0, 0.1) is 5.82 Å². The third kappa shape index (κ3) is 4.54. The van der Waals surface area contributed by atoms with Gasteiger partial charge in [-0.3, -0.25) is 4.79 Å². The molecule has 1 heterocycles. The van der Waals surface area contributed by atoms with E-state index in [1.807, 2.05) is 0 Å². The van der Waals surface area contributed by atoms with E-state index in [9.17, 15) is 9.18 Å². The standard InChI is InChI=1S/C18H15FN2O3S/c1-23-15-4-2-3-13(9-15)20-18(22)16-11-25-17(21-16)10-24-14-7-5-12(19)6-8-14/h2-9,11H,10H2,1H3,(H,20,22). The molecule has 3 rings (SSSR count). The fourth-order valence-corrected chi connectivity index (χ4v) is 2.74. The second-order valence-corrected chi connectivity index (χ2v) is 6.00. The van der Waals surface area contributed by atoms with Crippen LogP contribution in [0.3, 0.4) is 0 Å². The molecule has 5 nitrogen and oxygen atoms in total. The first kappa shape index (κ1) is 16.9. The number of nitrogens with one attached hydrogen (secondary N) is 1. The smallest absolute Gasteiger partial charge is 0.275 e. The Balaban J connectivity index is 1.60. The van der Waals surface area contributed by atoms with Gasteiger partial charge in [0.25, 0.3) is 5.91 Å². The number of benzene rings is 2. The summed E-state index contributed by atoms with van der Waals surface area (Å²) in [5.41, 5.74) is 0.937. The molecule has 0 saturated carbocycles. The maximum atomic E-state index is 12.9. The summed E-state index contributed by atoms with van der Waals surface area (Å²) in [6, 6.07) is 12.8. The number of carbonyl (C=O) groups excluding carboxylic acids is 1. The van der Waals surface area contributed by atoms with Crippen LogP contribution in [0.5, 0.6) is 11.5 Å². The lowest BCUT2D eigenvalue weighted by Gasteiger charge is -2.05. The van der Waals surface area contributed by atoms with Crippen molar-refractivity contribution < 1.29 is 18.7 Å². The minimum Gasteiger partial charge on any atom is -0.497 e. The Morgan fingerprint density at radius 3 is 2.76 bits per heavy atom. The molecule has 0 spiro atoms. The number of aromatic nitrogens is 1. The maximum Gasteiger partial charge on any atom is 0.275 e. The Hall–Kier alpha value is -2.93. The molecule has 0 radical (unpaired) electrons. The molecule has 25 heavy (non-hydrogen) atoms. The number of anilines is 1. The summed E-state index contributed by atoms with van der Waals surface area (Å²) in [6.07, 6.45) is 0. The van der Waals surface area contributed by atoms with Crippen molar-refractivity contribution >= 4 is 22.9 Å². The first-order valence-corrected chi connectivity index (χ1v) is 8.30. The van der Waals surface area contributed by atoms with Crippen LogP contribution in [0.2, 0.25) is 0 Å². The molecule has 0 aliphatic rings. The summed E-state index contributed by atoms with van der Waals surface area (Å²) in [7, 11) is 1.56. The fraction of sp³-hybridized carbons (Fsp3) is 0.111. The Labute approximate surface area is 148 Å². The number of carbonyl (C=O) groups is 1. The lowest BCUT2D eigenvalue weighted by Crippen LogP contribution is -2.12. The fourth-order valence-electron chi connectivity index (χ4n) is 2.05. The van der Waals surface area contributed by atoms with Crippen LogP contribution in [0.4, 0.5) is 10.1 Å². The molecule has 128 valence electrons. The zero-order valence-corrected chi connectivity index (χ0v) is 14.2. The Morgan fingerprint density at radius 1 is 1.20 bits per heavy atom. The SMILES string of the molecule is COc1cccc(NC(=O)c2csc(COc3ccc(F)cc3)n2)c1. The number of hydrogen-bond acceptors (Lipinski definition) is 5. The zero-order valence-electron chi connectivity index (χ0n) is 13.4. The Bertz CT molecular complexity index is 865. The van der Waals surface area contributed by atoms with Gasteiger partial charge in [0.1, 0.15) is 34.6 Å². The molecular weight excluding hydrogens is 343 g/mol. The van der Waals surface area contributed by atoms with Crippen LogP contribution in [0.25, 0.3) is 0 Å². The van der Waals surface area contributed by atoms with Crippen molar-refractivity contribution in [3.8, 4) is 11.5 Å². The molecule has 1 N–H and O–H groups in total. The Kier molecular flexibility index (Phi) is 5.25. The average molecular weight is 358 g/mol. The minimum atomic E-state index is -0.321. The van der Waals surface area contributed by atoms with E-state index in [2.05, 4.69) is 10.3 Å². The number of methoxy groups -OCH3 is 1. The van der Waals surface area contributed by atoms with E-state index < -0.39 is 0 Å². The van der Waals surface area contributed by atoms with Gasteiger partial charge in [0.15, 0.2) is 0 Å². The lowest BCUT2D eigenvalue weighted by molar-refractivity contribution is 0.102. The second-order valence-electron chi connectivity index (χ2n) is 5.06. The van der Waals surface area contributed by atoms with E-state index in [1.54, 1.807) is 48.9 Å². The normalized spacial score (nSPS) is 10.3. The number of amides is 1. The van der Waals surface area contributed by atoms with Crippen molar-refractivity contribution in [1.29, 1.82) is 0 Å². The monoisotopic (exact) mass is 358 g/mol. The number of hydrogen-bond donors (Lipinski definition) is 1. The molecule has 0 bridgehead atoms. The van der Waals surface area contributed by atoms with Crippen LogP contribution in [-0.2, 0) is 6.61 Å². The van der Waals surface area contributed by atoms with Gasteiger partial charge >= 0.3 is 0 Å².